The van der Waals surface area contributed by atoms with Crippen molar-refractivity contribution in [1.29, 1.82) is 0 Å². The average molecular weight is 599 g/mol. The maximum absolute atomic E-state index is 12.9. The first-order chi connectivity index (χ1) is 20.0. The monoisotopic (exact) mass is 598 g/mol. The van der Waals surface area contributed by atoms with E-state index in [2.05, 4.69) is 35.6 Å². The van der Waals surface area contributed by atoms with E-state index in [1.54, 1.807) is 61.7 Å². The zero-order valence-electron chi connectivity index (χ0n) is 22.4. The number of hydrogen-bond donors (Lipinski definition) is 5. The molecule has 0 aliphatic heterocycles. The van der Waals surface area contributed by atoms with E-state index in [9.17, 15) is 27.3 Å². The van der Waals surface area contributed by atoms with Crippen LogP contribution in [0.15, 0.2) is 88.3 Å². The quantitative estimate of drug-likeness (QED) is 0.139. The SMILES string of the molecule is CN=[S-](=O)c1ccc(Nc2ncc(-c3ccc(NC(=O)Nc4cccc(C(F)(F)F)c4)cc3)c(NC(C)CO)n2)cc1. The van der Waals surface area contributed by atoms with Crippen LogP contribution in [0.3, 0.4) is 0 Å². The van der Waals surface area contributed by atoms with Crippen molar-refractivity contribution in [2.75, 3.05) is 34.9 Å². The highest BCUT2D eigenvalue weighted by molar-refractivity contribution is 7.74. The van der Waals surface area contributed by atoms with Gasteiger partial charge in [0.25, 0.3) is 0 Å². The summed E-state index contributed by atoms with van der Waals surface area (Å²) in [5.41, 5.74) is 1.53. The van der Waals surface area contributed by atoms with E-state index in [0.29, 0.717) is 33.2 Å². The number of amides is 2. The second kappa shape index (κ2) is 13.3. The zero-order valence-corrected chi connectivity index (χ0v) is 23.3. The normalized spacial score (nSPS) is 12.8. The average Bonchev–Trinajstić information content (AvgIpc) is 2.97. The van der Waals surface area contributed by atoms with Gasteiger partial charge in [-0.2, -0.15) is 28.8 Å². The molecule has 0 aliphatic rings. The van der Waals surface area contributed by atoms with Gasteiger partial charge in [-0.25, -0.2) is 9.78 Å². The van der Waals surface area contributed by atoms with Gasteiger partial charge in [-0.05, 0) is 55.0 Å². The molecule has 0 radical (unpaired) electrons. The molecule has 4 aromatic rings. The lowest BCUT2D eigenvalue weighted by atomic mass is 10.1. The van der Waals surface area contributed by atoms with Gasteiger partial charge in [0.15, 0.2) is 0 Å². The molecule has 5 N–H and O–H groups in total. The van der Waals surface area contributed by atoms with Crippen molar-refractivity contribution in [2.45, 2.75) is 24.0 Å². The van der Waals surface area contributed by atoms with Crippen LogP contribution in [0.5, 0.6) is 0 Å². The third-order valence-corrected chi connectivity index (χ3v) is 6.83. The van der Waals surface area contributed by atoms with Crippen molar-refractivity contribution in [3.05, 3.63) is 84.6 Å². The minimum atomic E-state index is -4.52. The van der Waals surface area contributed by atoms with Crippen LogP contribution in [0.25, 0.3) is 11.1 Å². The predicted molar refractivity (Wildman–Crippen MR) is 156 cm³/mol. The molecule has 3 aromatic carbocycles. The molecule has 4 rings (SSSR count). The molecular weight excluding hydrogens is 571 g/mol. The zero-order chi connectivity index (χ0) is 30.3. The van der Waals surface area contributed by atoms with Gasteiger partial charge >= 0.3 is 12.2 Å². The number of rotatable bonds is 9. The van der Waals surface area contributed by atoms with Gasteiger partial charge in [-0.1, -0.05) is 35.2 Å². The van der Waals surface area contributed by atoms with E-state index in [4.69, 9.17) is 0 Å². The summed E-state index contributed by atoms with van der Waals surface area (Å²) in [5, 5.41) is 20.8. The van der Waals surface area contributed by atoms with E-state index >= 15 is 0 Å². The third-order valence-electron chi connectivity index (χ3n) is 5.83. The van der Waals surface area contributed by atoms with Crippen LogP contribution in [0.1, 0.15) is 12.5 Å². The van der Waals surface area contributed by atoms with Crippen molar-refractivity contribution in [3.8, 4) is 11.1 Å². The molecule has 0 saturated carbocycles. The summed E-state index contributed by atoms with van der Waals surface area (Å²) in [7, 11) is 0.0459. The summed E-state index contributed by atoms with van der Waals surface area (Å²) in [6.45, 7) is 1.64. The molecular formula is C28H27F3N7O3S-. The van der Waals surface area contributed by atoms with Gasteiger partial charge in [-0.3, -0.25) is 0 Å². The minimum Gasteiger partial charge on any atom is -0.440 e. The highest BCUT2D eigenvalue weighted by atomic mass is 32.2. The Kier molecular flexibility index (Phi) is 9.60. The highest BCUT2D eigenvalue weighted by Crippen LogP contribution is 2.31. The van der Waals surface area contributed by atoms with Crippen LogP contribution >= 0.6 is 0 Å². The Morgan fingerprint density at radius 1 is 1.00 bits per heavy atom. The fourth-order valence-corrected chi connectivity index (χ4v) is 4.31. The van der Waals surface area contributed by atoms with Crippen LogP contribution in [-0.4, -0.2) is 40.8 Å². The summed E-state index contributed by atoms with van der Waals surface area (Å²) >= 11 is 0. The molecule has 42 heavy (non-hydrogen) atoms. The van der Waals surface area contributed by atoms with E-state index in [1.165, 1.54) is 19.2 Å². The Bertz CT molecular complexity index is 1630. The molecule has 0 aliphatic carbocycles. The Morgan fingerprint density at radius 3 is 2.31 bits per heavy atom. The van der Waals surface area contributed by atoms with Gasteiger partial charge in [0.2, 0.25) is 5.95 Å². The number of alkyl halides is 3. The van der Waals surface area contributed by atoms with Crippen molar-refractivity contribution in [2.24, 2.45) is 4.36 Å². The van der Waals surface area contributed by atoms with Crippen LogP contribution in [-0.2, 0) is 21.0 Å². The number of halogens is 3. The van der Waals surface area contributed by atoms with Gasteiger partial charge in [0.05, 0.1) is 12.2 Å². The number of hydrogen-bond acceptors (Lipinski definition) is 9. The maximum atomic E-state index is 12.9. The number of carbonyl (C=O) groups is 1. The second-order valence-corrected chi connectivity index (χ2v) is 10.3. The molecule has 0 saturated heterocycles. The summed E-state index contributed by atoms with van der Waals surface area (Å²) in [6, 6.07) is 16.8. The van der Waals surface area contributed by atoms with Crippen molar-refractivity contribution in [3.63, 3.8) is 0 Å². The predicted octanol–water partition coefficient (Wildman–Crippen LogP) is 6.48. The number of carbonyl (C=O) groups excluding carboxylic acids is 1. The van der Waals surface area contributed by atoms with Crippen LogP contribution in [0.2, 0.25) is 0 Å². The van der Waals surface area contributed by atoms with E-state index in [1.807, 2.05) is 0 Å². The Hall–Kier alpha value is -4.69. The summed E-state index contributed by atoms with van der Waals surface area (Å²) in [6.07, 6.45) is -2.92. The van der Waals surface area contributed by atoms with E-state index in [-0.39, 0.29) is 24.3 Å². The lowest BCUT2D eigenvalue weighted by Gasteiger charge is -2.17. The van der Waals surface area contributed by atoms with Gasteiger partial charge in [0.1, 0.15) is 5.82 Å². The summed E-state index contributed by atoms with van der Waals surface area (Å²) in [5.74, 6) is 0.726. The van der Waals surface area contributed by atoms with Crippen molar-refractivity contribution < 1.29 is 27.3 Å². The van der Waals surface area contributed by atoms with Crippen molar-refractivity contribution >= 4 is 45.5 Å². The summed E-state index contributed by atoms with van der Waals surface area (Å²) < 4.78 is 54.4. The highest BCUT2D eigenvalue weighted by Gasteiger charge is 2.30. The molecule has 10 nitrogen and oxygen atoms in total. The first-order valence-corrected chi connectivity index (χ1v) is 13.7. The molecule has 0 spiro atoms. The number of anilines is 5. The third kappa shape index (κ3) is 7.95. The fraction of sp³-hybridized carbons (Fsp3) is 0.179. The number of nitrogens with zero attached hydrogens (tertiary/aromatic N) is 3. The van der Waals surface area contributed by atoms with Gasteiger partial charge in [0, 0.05) is 41.9 Å². The Labute approximate surface area is 241 Å². The maximum Gasteiger partial charge on any atom is 0.416 e. The first-order valence-electron chi connectivity index (χ1n) is 12.5. The molecule has 14 heteroatoms. The summed E-state index contributed by atoms with van der Waals surface area (Å²) in [4.78, 5) is 21.9. The number of aromatic nitrogens is 2. The first kappa shape index (κ1) is 30.3. The number of aliphatic hydroxyl groups is 1. The molecule has 1 unspecified atom stereocenters. The molecule has 1 atom stereocenters. The number of nitrogens with one attached hydrogen (secondary N) is 4. The molecule has 0 bridgehead atoms. The van der Waals surface area contributed by atoms with E-state index < -0.39 is 28.4 Å². The van der Waals surface area contributed by atoms with Gasteiger partial charge < -0.3 is 34.9 Å². The Balaban J connectivity index is 1.49. The van der Waals surface area contributed by atoms with Crippen LogP contribution in [0, 0.1) is 0 Å². The standard InChI is InChI=1S/C28H27F3N7O3S/c1-17(16-39)34-25-24(15-33-26(38-25)35-20-10-12-23(13-11-20)42(41)32-2)18-6-8-21(9-7-18)36-27(40)37-22-5-3-4-19(14-22)28(29,30)31/h3-15,17,39H,16H2,1-2H3,(H2,36,37,40)(H2,33,34,35,38)/q-1. The Morgan fingerprint density at radius 2 is 1.67 bits per heavy atom. The van der Waals surface area contributed by atoms with Crippen LogP contribution in [0.4, 0.5) is 46.8 Å². The molecule has 2 amide bonds. The topological polar surface area (TPSA) is 141 Å². The number of benzene rings is 3. The molecule has 0 fully saturated rings. The number of urea groups is 1. The minimum absolute atomic E-state index is 0.000831. The lowest BCUT2D eigenvalue weighted by molar-refractivity contribution is -0.137. The molecule has 1 heterocycles. The van der Waals surface area contributed by atoms with E-state index in [0.717, 1.165) is 12.1 Å². The number of aliphatic hydroxyl groups excluding tert-OH is 1. The molecule has 1 aromatic heterocycles. The van der Waals surface area contributed by atoms with Gasteiger partial charge in [-0.15, -0.1) is 0 Å². The van der Waals surface area contributed by atoms with Crippen LogP contribution < -0.4 is 21.3 Å². The second-order valence-electron chi connectivity index (χ2n) is 9.00. The van der Waals surface area contributed by atoms with Crippen molar-refractivity contribution in [1.82, 2.24) is 9.97 Å². The smallest absolute Gasteiger partial charge is 0.416 e. The molecule has 220 valence electrons. The lowest BCUT2D eigenvalue weighted by Crippen LogP contribution is -2.21. The fourth-order valence-electron chi connectivity index (χ4n) is 3.73. The largest absolute Gasteiger partial charge is 0.440 e.